The van der Waals surface area contributed by atoms with E-state index in [-0.39, 0.29) is 37.4 Å². The second kappa shape index (κ2) is 11.7. The van der Waals surface area contributed by atoms with Crippen LogP contribution in [0.3, 0.4) is 0 Å². The van der Waals surface area contributed by atoms with Crippen molar-refractivity contribution < 1.29 is 24.6 Å². The molecule has 0 bridgehead atoms. The highest BCUT2D eigenvalue weighted by molar-refractivity contribution is 6.31. The summed E-state index contributed by atoms with van der Waals surface area (Å²) in [7, 11) is 0. The molecule has 0 aliphatic carbocycles. The van der Waals surface area contributed by atoms with Crippen molar-refractivity contribution in [1.82, 2.24) is 10.2 Å². The monoisotopic (exact) mass is 566 g/mol. The smallest absolute Gasteiger partial charge is 0.264 e. The van der Waals surface area contributed by atoms with Crippen molar-refractivity contribution in [3.05, 3.63) is 70.8 Å². The normalized spacial score (nSPS) is 23.8. The van der Waals surface area contributed by atoms with Gasteiger partial charge in [0.2, 0.25) is 11.8 Å². The van der Waals surface area contributed by atoms with Crippen LogP contribution in [0.25, 0.3) is 0 Å². The van der Waals surface area contributed by atoms with Gasteiger partial charge in [0.1, 0.15) is 0 Å². The van der Waals surface area contributed by atoms with Crippen molar-refractivity contribution in [3.63, 3.8) is 0 Å². The van der Waals surface area contributed by atoms with Crippen LogP contribution in [0.15, 0.2) is 54.6 Å². The summed E-state index contributed by atoms with van der Waals surface area (Å²) in [6.45, 7) is 4.20. The number of fused-ring (bicyclic) bond motifs is 1. The van der Waals surface area contributed by atoms with Crippen LogP contribution in [-0.4, -0.2) is 71.7 Å². The van der Waals surface area contributed by atoms with Crippen LogP contribution in [0.2, 0.25) is 5.02 Å². The molecule has 2 fully saturated rings. The number of carbonyl (C=O) groups excluding carboxylic acids is 3. The first-order valence-corrected chi connectivity index (χ1v) is 14.1. The zero-order valence-corrected chi connectivity index (χ0v) is 23.3. The third kappa shape index (κ3) is 5.26. The highest BCUT2D eigenvalue weighted by Gasteiger charge is 2.52. The average molecular weight is 567 g/mol. The van der Waals surface area contributed by atoms with Gasteiger partial charge in [0.15, 0.2) is 5.60 Å². The Hall–Kier alpha value is -3.24. The van der Waals surface area contributed by atoms with Gasteiger partial charge in [-0.3, -0.25) is 14.4 Å². The summed E-state index contributed by atoms with van der Waals surface area (Å²) in [6.07, 6.45) is 5.18. The van der Waals surface area contributed by atoms with Crippen LogP contribution in [0, 0.1) is 5.92 Å². The lowest BCUT2D eigenvalue weighted by Gasteiger charge is -2.28. The van der Waals surface area contributed by atoms with E-state index in [2.05, 4.69) is 5.32 Å². The molecule has 3 aliphatic rings. The maximum absolute atomic E-state index is 13.8. The lowest BCUT2D eigenvalue weighted by atomic mass is 9.83. The number of nitrogens with one attached hydrogen (secondary N) is 1. The number of aliphatic hydroxyl groups is 2. The number of hydrogen-bond donors (Lipinski definition) is 3. The molecule has 2 aromatic rings. The Kier molecular flexibility index (Phi) is 8.28. The zero-order chi connectivity index (χ0) is 28.4. The highest BCUT2D eigenvalue weighted by atomic mass is 35.5. The molecule has 3 atom stereocenters. The average Bonchev–Trinajstić information content (AvgIpc) is 3.52. The summed E-state index contributed by atoms with van der Waals surface area (Å²) in [4.78, 5) is 43.8. The lowest BCUT2D eigenvalue weighted by Crippen LogP contribution is -2.48. The molecule has 0 aromatic heterocycles. The van der Waals surface area contributed by atoms with E-state index in [0.29, 0.717) is 35.9 Å². The molecule has 3 amide bonds. The molecule has 5 rings (SSSR count). The van der Waals surface area contributed by atoms with Crippen LogP contribution in [0.5, 0.6) is 0 Å². The van der Waals surface area contributed by atoms with Gasteiger partial charge in [0.25, 0.3) is 5.91 Å². The second-order valence-electron chi connectivity index (χ2n) is 10.7. The van der Waals surface area contributed by atoms with Gasteiger partial charge in [-0.1, -0.05) is 42.8 Å². The van der Waals surface area contributed by atoms with Crippen LogP contribution in [0.4, 0.5) is 11.4 Å². The largest absolute Gasteiger partial charge is 0.394 e. The number of amides is 3. The molecule has 212 valence electrons. The van der Waals surface area contributed by atoms with E-state index in [4.69, 9.17) is 11.6 Å². The van der Waals surface area contributed by atoms with Gasteiger partial charge in [-0.15, -0.1) is 0 Å². The molecule has 3 heterocycles. The van der Waals surface area contributed by atoms with Crippen molar-refractivity contribution in [2.75, 3.05) is 42.6 Å². The first-order valence-electron chi connectivity index (χ1n) is 13.8. The molecule has 10 heteroatoms. The van der Waals surface area contributed by atoms with Crippen molar-refractivity contribution in [2.45, 2.75) is 44.4 Å². The maximum atomic E-state index is 13.8. The fourth-order valence-corrected chi connectivity index (χ4v) is 6.08. The van der Waals surface area contributed by atoms with Crippen molar-refractivity contribution >= 4 is 40.7 Å². The minimum Gasteiger partial charge on any atom is -0.394 e. The summed E-state index contributed by atoms with van der Waals surface area (Å²) in [5.74, 6) is -1.17. The van der Waals surface area contributed by atoms with Crippen molar-refractivity contribution in [1.29, 1.82) is 0 Å². The van der Waals surface area contributed by atoms with E-state index >= 15 is 0 Å². The number of halogens is 1. The zero-order valence-electron chi connectivity index (χ0n) is 22.6. The molecule has 0 unspecified atom stereocenters. The summed E-state index contributed by atoms with van der Waals surface area (Å²) < 4.78 is 0. The van der Waals surface area contributed by atoms with E-state index < -0.39 is 17.4 Å². The summed E-state index contributed by atoms with van der Waals surface area (Å²) >= 11 is 6.29. The molecule has 3 aliphatic heterocycles. The van der Waals surface area contributed by atoms with Gasteiger partial charge < -0.3 is 30.2 Å². The Balaban J connectivity index is 1.33. The predicted molar refractivity (Wildman–Crippen MR) is 153 cm³/mol. The Labute approximate surface area is 239 Å². The van der Waals surface area contributed by atoms with Crippen molar-refractivity contribution in [3.8, 4) is 0 Å². The SMILES string of the molecule is C[C@H](/C=C/CC(=O)N1CCC[C@H]1CO)[C@@]1(O)C(=O)N(Cc2ccc(N3CCNCC3=O)cc2)c2ccc(Cl)cc21. The molecule has 0 spiro atoms. The number of piperazine rings is 1. The molecule has 2 aromatic carbocycles. The Morgan fingerprint density at radius 1 is 1.20 bits per heavy atom. The fourth-order valence-electron chi connectivity index (χ4n) is 5.90. The Morgan fingerprint density at radius 3 is 2.70 bits per heavy atom. The van der Waals surface area contributed by atoms with Gasteiger partial charge in [-0.25, -0.2) is 0 Å². The third-order valence-electron chi connectivity index (χ3n) is 8.19. The first kappa shape index (κ1) is 28.3. The minimum absolute atomic E-state index is 0.0157. The van der Waals surface area contributed by atoms with E-state index in [0.717, 1.165) is 30.6 Å². The van der Waals surface area contributed by atoms with Crippen LogP contribution < -0.4 is 15.1 Å². The topological polar surface area (TPSA) is 113 Å². The lowest BCUT2D eigenvalue weighted by molar-refractivity contribution is -0.139. The Morgan fingerprint density at radius 2 is 1.98 bits per heavy atom. The second-order valence-corrected chi connectivity index (χ2v) is 11.1. The van der Waals surface area contributed by atoms with Crippen molar-refractivity contribution in [2.24, 2.45) is 5.92 Å². The standard InChI is InChI=1S/C30H35ClN4O5/c1-20(4-2-6-27(37)33-14-3-5-24(33)19-36)30(40)25-16-22(31)9-12-26(25)35(29(30)39)18-21-7-10-23(11-8-21)34-15-13-32-17-28(34)38/h2,4,7-12,16,20,24,32,36,40H,3,5-6,13-15,17-19H2,1H3/b4-2+/t20-,24+,30+/m1/s1. The van der Waals surface area contributed by atoms with Crippen LogP contribution >= 0.6 is 11.6 Å². The third-order valence-corrected chi connectivity index (χ3v) is 8.43. The maximum Gasteiger partial charge on any atom is 0.264 e. The van der Waals surface area contributed by atoms with Gasteiger partial charge in [0.05, 0.1) is 31.4 Å². The number of carbonyl (C=O) groups is 3. The number of rotatable bonds is 8. The number of nitrogens with zero attached hydrogens (tertiary/aromatic N) is 3. The number of hydrogen-bond acceptors (Lipinski definition) is 6. The van der Waals surface area contributed by atoms with E-state index in [1.807, 2.05) is 24.3 Å². The quantitative estimate of drug-likeness (QED) is 0.423. The number of aliphatic hydroxyl groups excluding tert-OH is 1. The van der Waals surface area contributed by atoms with Gasteiger partial charge in [-0.05, 0) is 48.7 Å². The predicted octanol–water partition coefficient (Wildman–Crippen LogP) is 2.58. The number of likely N-dealkylation sites (tertiary alicyclic amines) is 1. The van der Waals surface area contributed by atoms with Gasteiger partial charge in [0, 0.05) is 48.2 Å². The van der Waals surface area contributed by atoms with Crippen LogP contribution in [0.1, 0.15) is 37.3 Å². The summed E-state index contributed by atoms with van der Waals surface area (Å²) in [6, 6.07) is 12.4. The van der Waals surface area contributed by atoms with Gasteiger partial charge >= 0.3 is 0 Å². The fraction of sp³-hybridized carbons (Fsp3) is 0.433. The molecular weight excluding hydrogens is 532 g/mol. The minimum atomic E-state index is -1.85. The molecule has 40 heavy (non-hydrogen) atoms. The van der Waals surface area contributed by atoms with E-state index in [9.17, 15) is 24.6 Å². The highest BCUT2D eigenvalue weighted by Crippen LogP contribution is 2.46. The molecular formula is C30H35ClN4O5. The number of benzene rings is 2. The molecule has 0 saturated carbocycles. The van der Waals surface area contributed by atoms with E-state index in [1.165, 1.54) is 0 Å². The molecule has 3 N–H and O–H groups in total. The molecule has 9 nitrogen and oxygen atoms in total. The number of anilines is 2. The van der Waals surface area contributed by atoms with Crippen LogP contribution in [-0.2, 0) is 26.5 Å². The Bertz CT molecular complexity index is 1320. The van der Waals surface area contributed by atoms with E-state index in [1.54, 1.807) is 52.0 Å². The summed E-state index contributed by atoms with van der Waals surface area (Å²) in [5.41, 5.74) is 0.810. The van der Waals surface area contributed by atoms with Gasteiger partial charge in [-0.2, -0.15) is 0 Å². The molecule has 2 saturated heterocycles. The summed E-state index contributed by atoms with van der Waals surface area (Å²) in [5, 5.41) is 24.9. The molecule has 0 radical (unpaired) electrons. The first-order chi connectivity index (χ1) is 19.2.